The van der Waals surface area contributed by atoms with E-state index >= 15 is 0 Å². The van der Waals surface area contributed by atoms with Gasteiger partial charge >= 0.3 is 0 Å². The van der Waals surface area contributed by atoms with Crippen molar-refractivity contribution in [3.05, 3.63) is 34.9 Å². The number of likely N-dealkylation sites (N-methyl/N-ethyl adjacent to an activating group) is 1. The van der Waals surface area contributed by atoms with Gasteiger partial charge in [-0.15, -0.1) is 0 Å². The van der Waals surface area contributed by atoms with Gasteiger partial charge in [0.2, 0.25) is 11.8 Å². The van der Waals surface area contributed by atoms with E-state index in [-0.39, 0.29) is 23.3 Å². The lowest BCUT2D eigenvalue weighted by molar-refractivity contribution is -0.129. The van der Waals surface area contributed by atoms with E-state index in [9.17, 15) is 9.59 Å². The molecule has 24 heavy (non-hydrogen) atoms. The third-order valence-electron chi connectivity index (χ3n) is 4.91. The topological polar surface area (TPSA) is 52.6 Å². The van der Waals surface area contributed by atoms with Gasteiger partial charge in [0, 0.05) is 31.1 Å². The maximum Gasteiger partial charge on any atom is 0.226 e. The van der Waals surface area contributed by atoms with Crippen molar-refractivity contribution in [1.29, 1.82) is 0 Å². The number of benzene rings is 1. The van der Waals surface area contributed by atoms with Gasteiger partial charge in [-0.1, -0.05) is 23.7 Å². The number of likely N-dealkylation sites (tertiary alicyclic amines) is 1. The Balaban J connectivity index is 1.59. The quantitative estimate of drug-likeness (QED) is 0.852. The van der Waals surface area contributed by atoms with Crippen molar-refractivity contribution in [3.8, 4) is 0 Å². The van der Waals surface area contributed by atoms with Gasteiger partial charge in [0.25, 0.3) is 0 Å². The van der Waals surface area contributed by atoms with Crippen molar-refractivity contribution >= 4 is 23.4 Å². The van der Waals surface area contributed by atoms with E-state index in [2.05, 4.69) is 5.32 Å². The summed E-state index contributed by atoms with van der Waals surface area (Å²) in [5.41, 5.74) is 0.830. The van der Waals surface area contributed by atoms with Crippen molar-refractivity contribution in [2.24, 2.45) is 5.92 Å². The Morgan fingerprint density at radius 2 is 2.00 bits per heavy atom. The van der Waals surface area contributed by atoms with Crippen LogP contribution in [0.2, 0.25) is 5.02 Å². The molecule has 1 aromatic carbocycles. The summed E-state index contributed by atoms with van der Waals surface area (Å²) in [6, 6.07) is 7.65. The Hall–Kier alpha value is -1.59. The van der Waals surface area contributed by atoms with Gasteiger partial charge in [0.05, 0.1) is 11.5 Å². The fourth-order valence-corrected chi connectivity index (χ4v) is 3.33. The van der Waals surface area contributed by atoms with Gasteiger partial charge in [-0.2, -0.15) is 0 Å². The number of carbonyl (C=O) groups excluding carboxylic acids is 2. The summed E-state index contributed by atoms with van der Waals surface area (Å²) in [5.74, 6) is -0.180. The highest BCUT2D eigenvalue weighted by Gasteiger charge is 2.47. The molecule has 1 saturated heterocycles. The SMILES string of the molecule is CN(C)CCN1C[C@@H](C(=O)NC2(c3ccc(Cl)cc3)CC2)CC1=O. The molecule has 0 bridgehead atoms. The highest BCUT2D eigenvalue weighted by atomic mass is 35.5. The summed E-state index contributed by atoms with van der Waals surface area (Å²) in [6.45, 7) is 2.02. The van der Waals surface area contributed by atoms with Crippen LogP contribution in [-0.2, 0) is 15.1 Å². The van der Waals surface area contributed by atoms with Crippen LogP contribution >= 0.6 is 11.6 Å². The van der Waals surface area contributed by atoms with E-state index in [4.69, 9.17) is 11.6 Å². The number of amides is 2. The normalized spacial score (nSPS) is 22.1. The van der Waals surface area contributed by atoms with Gasteiger partial charge in [-0.05, 0) is 44.6 Å². The Bertz CT molecular complexity index is 626. The first kappa shape index (κ1) is 17.2. The first-order chi connectivity index (χ1) is 11.4. The van der Waals surface area contributed by atoms with Crippen LogP contribution in [0.4, 0.5) is 0 Å². The average molecular weight is 350 g/mol. The third-order valence-corrected chi connectivity index (χ3v) is 5.16. The minimum atomic E-state index is -0.262. The van der Waals surface area contributed by atoms with Gasteiger partial charge in [-0.25, -0.2) is 0 Å². The molecule has 2 aliphatic rings. The monoisotopic (exact) mass is 349 g/mol. The minimum absolute atomic E-state index is 0.0110. The summed E-state index contributed by atoms with van der Waals surface area (Å²) >= 11 is 5.94. The van der Waals surface area contributed by atoms with Gasteiger partial charge in [0.15, 0.2) is 0 Å². The predicted molar refractivity (Wildman–Crippen MR) is 93.7 cm³/mol. The molecule has 6 heteroatoms. The molecule has 2 amide bonds. The standard InChI is InChI=1S/C18H24ClN3O2/c1-21(2)9-10-22-12-13(11-16(22)23)17(24)20-18(7-8-18)14-3-5-15(19)6-4-14/h3-6,13H,7-12H2,1-2H3,(H,20,24)/t13-/m0/s1. The van der Waals surface area contributed by atoms with Crippen molar-refractivity contribution in [2.45, 2.75) is 24.8 Å². The van der Waals surface area contributed by atoms with Crippen molar-refractivity contribution in [1.82, 2.24) is 15.1 Å². The van der Waals surface area contributed by atoms with E-state index < -0.39 is 0 Å². The zero-order valence-corrected chi connectivity index (χ0v) is 15.0. The lowest BCUT2D eigenvalue weighted by atomic mass is 10.0. The second-order valence-corrected chi connectivity index (χ2v) is 7.56. The molecule has 1 aromatic rings. The Morgan fingerprint density at radius 3 is 2.58 bits per heavy atom. The number of rotatable bonds is 6. The van der Waals surface area contributed by atoms with E-state index in [1.165, 1.54) is 0 Å². The largest absolute Gasteiger partial charge is 0.346 e. The molecule has 2 fully saturated rings. The van der Waals surface area contributed by atoms with Crippen molar-refractivity contribution < 1.29 is 9.59 Å². The van der Waals surface area contributed by atoms with Crippen LogP contribution in [0.5, 0.6) is 0 Å². The molecule has 0 spiro atoms. The molecule has 1 heterocycles. The summed E-state index contributed by atoms with van der Waals surface area (Å²) < 4.78 is 0. The summed E-state index contributed by atoms with van der Waals surface area (Å²) in [5, 5.41) is 3.87. The molecule has 1 N–H and O–H groups in total. The smallest absolute Gasteiger partial charge is 0.226 e. The summed E-state index contributed by atoms with van der Waals surface area (Å²) in [6.07, 6.45) is 2.19. The number of hydrogen-bond acceptors (Lipinski definition) is 3. The molecule has 130 valence electrons. The molecular formula is C18H24ClN3O2. The van der Waals surface area contributed by atoms with E-state index in [1.54, 1.807) is 4.90 Å². The molecule has 1 atom stereocenters. The molecule has 0 radical (unpaired) electrons. The lowest BCUT2D eigenvalue weighted by Crippen LogP contribution is -2.40. The van der Waals surface area contributed by atoms with E-state index in [1.807, 2.05) is 43.3 Å². The van der Waals surface area contributed by atoms with Crippen LogP contribution < -0.4 is 5.32 Å². The Kier molecular flexibility index (Phi) is 4.83. The van der Waals surface area contributed by atoms with E-state index in [0.717, 1.165) is 24.9 Å². The fraction of sp³-hybridized carbons (Fsp3) is 0.556. The van der Waals surface area contributed by atoms with E-state index in [0.29, 0.717) is 24.5 Å². The Labute approximate surface area is 147 Å². The Morgan fingerprint density at radius 1 is 1.33 bits per heavy atom. The van der Waals surface area contributed by atoms with Gasteiger partial charge in [-0.3, -0.25) is 9.59 Å². The molecule has 0 unspecified atom stereocenters. The second-order valence-electron chi connectivity index (χ2n) is 7.12. The van der Waals surface area contributed by atoms with Crippen LogP contribution in [0, 0.1) is 5.92 Å². The van der Waals surface area contributed by atoms with Crippen LogP contribution in [0.3, 0.4) is 0 Å². The number of hydrogen-bond donors (Lipinski definition) is 1. The van der Waals surface area contributed by atoms with Gasteiger partial charge < -0.3 is 15.1 Å². The average Bonchev–Trinajstić information content (AvgIpc) is 3.21. The lowest BCUT2D eigenvalue weighted by Gasteiger charge is -2.21. The molecule has 1 saturated carbocycles. The maximum atomic E-state index is 12.6. The van der Waals surface area contributed by atoms with Crippen molar-refractivity contribution in [3.63, 3.8) is 0 Å². The number of halogens is 1. The minimum Gasteiger partial charge on any atom is -0.346 e. The van der Waals surface area contributed by atoms with Crippen LogP contribution in [-0.4, -0.2) is 55.3 Å². The highest BCUT2D eigenvalue weighted by molar-refractivity contribution is 6.30. The third kappa shape index (κ3) is 3.73. The molecule has 3 rings (SSSR count). The van der Waals surface area contributed by atoms with Crippen LogP contribution in [0.15, 0.2) is 24.3 Å². The molecule has 5 nitrogen and oxygen atoms in total. The molecule has 1 aliphatic carbocycles. The number of nitrogens with zero attached hydrogens (tertiary/aromatic N) is 2. The second kappa shape index (κ2) is 6.73. The fourth-order valence-electron chi connectivity index (χ4n) is 3.20. The highest BCUT2D eigenvalue weighted by Crippen LogP contribution is 2.46. The predicted octanol–water partition coefficient (Wildman–Crippen LogP) is 1.86. The number of carbonyl (C=O) groups is 2. The molecule has 1 aliphatic heterocycles. The first-order valence-electron chi connectivity index (χ1n) is 8.40. The number of nitrogens with one attached hydrogen (secondary N) is 1. The molecule has 0 aromatic heterocycles. The first-order valence-corrected chi connectivity index (χ1v) is 8.78. The van der Waals surface area contributed by atoms with Crippen molar-refractivity contribution in [2.75, 3.05) is 33.7 Å². The molecular weight excluding hydrogens is 326 g/mol. The summed E-state index contributed by atoms with van der Waals surface area (Å²) in [4.78, 5) is 28.6. The van der Waals surface area contributed by atoms with Gasteiger partial charge in [0.1, 0.15) is 0 Å². The van der Waals surface area contributed by atoms with Crippen LogP contribution in [0.1, 0.15) is 24.8 Å². The zero-order valence-electron chi connectivity index (χ0n) is 14.2. The summed E-state index contributed by atoms with van der Waals surface area (Å²) in [7, 11) is 3.96. The van der Waals surface area contributed by atoms with Crippen LogP contribution in [0.25, 0.3) is 0 Å². The zero-order chi connectivity index (χ0) is 17.3. The maximum absolute atomic E-state index is 12.6.